The summed E-state index contributed by atoms with van der Waals surface area (Å²) in [5.74, 6) is 2.42. The minimum absolute atomic E-state index is 0.428. The Balaban J connectivity index is 1.68. The lowest BCUT2D eigenvalue weighted by atomic mass is 10.1. The van der Waals surface area contributed by atoms with Gasteiger partial charge in [0.1, 0.15) is 5.76 Å². The number of oxazole rings is 1. The van der Waals surface area contributed by atoms with Crippen LogP contribution < -0.4 is 5.32 Å². The van der Waals surface area contributed by atoms with Crippen molar-refractivity contribution in [2.75, 3.05) is 13.2 Å². The summed E-state index contributed by atoms with van der Waals surface area (Å²) in [4.78, 5) is 4.29. The minimum Gasteiger partial charge on any atom is -0.444 e. The largest absolute Gasteiger partial charge is 0.444 e. The fourth-order valence-corrected chi connectivity index (χ4v) is 2.19. The van der Waals surface area contributed by atoms with Crippen LogP contribution in [0.5, 0.6) is 0 Å². The third kappa shape index (κ3) is 4.42. The van der Waals surface area contributed by atoms with Gasteiger partial charge >= 0.3 is 0 Å². The number of aromatic nitrogens is 1. The summed E-state index contributed by atoms with van der Waals surface area (Å²) in [7, 11) is 0. The van der Waals surface area contributed by atoms with Gasteiger partial charge in [-0.2, -0.15) is 0 Å². The van der Waals surface area contributed by atoms with Crippen LogP contribution in [0, 0.1) is 5.92 Å². The van der Waals surface area contributed by atoms with E-state index in [4.69, 9.17) is 9.15 Å². The van der Waals surface area contributed by atoms with Crippen molar-refractivity contribution >= 4 is 0 Å². The van der Waals surface area contributed by atoms with Gasteiger partial charge in [-0.3, -0.25) is 0 Å². The van der Waals surface area contributed by atoms with E-state index in [9.17, 15) is 0 Å². The summed E-state index contributed by atoms with van der Waals surface area (Å²) in [5.41, 5.74) is 0. The number of ether oxygens (including phenoxy) is 1. The summed E-state index contributed by atoms with van der Waals surface area (Å²) >= 11 is 0. The lowest BCUT2D eigenvalue weighted by molar-refractivity contribution is 0.103. The van der Waals surface area contributed by atoms with Crippen molar-refractivity contribution in [3.05, 3.63) is 17.8 Å². The van der Waals surface area contributed by atoms with Gasteiger partial charge in [-0.15, -0.1) is 0 Å². The Kier molecular flexibility index (Phi) is 5.20. The number of hydrogen-bond donors (Lipinski definition) is 1. The van der Waals surface area contributed by atoms with Gasteiger partial charge in [0, 0.05) is 13.0 Å². The zero-order valence-corrected chi connectivity index (χ0v) is 11.4. The summed E-state index contributed by atoms with van der Waals surface area (Å²) < 4.78 is 11.3. The second-order valence-corrected chi connectivity index (χ2v) is 5.42. The van der Waals surface area contributed by atoms with Crippen LogP contribution in [0.2, 0.25) is 0 Å². The second-order valence-electron chi connectivity index (χ2n) is 5.42. The first-order valence-electron chi connectivity index (χ1n) is 7.00. The number of aryl methyl sites for hydroxylation is 1. The smallest absolute Gasteiger partial charge is 0.208 e. The molecule has 0 saturated carbocycles. The highest BCUT2D eigenvalue weighted by atomic mass is 16.5. The Morgan fingerprint density at radius 3 is 3.11 bits per heavy atom. The van der Waals surface area contributed by atoms with Crippen LogP contribution in [-0.2, 0) is 17.7 Å². The molecule has 1 N–H and O–H groups in total. The van der Waals surface area contributed by atoms with Gasteiger partial charge in [-0.05, 0) is 31.7 Å². The van der Waals surface area contributed by atoms with Crippen molar-refractivity contribution < 1.29 is 9.15 Å². The highest BCUT2D eigenvalue weighted by Crippen LogP contribution is 2.18. The molecule has 18 heavy (non-hydrogen) atoms. The van der Waals surface area contributed by atoms with E-state index in [0.717, 1.165) is 44.2 Å². The maximum atomic E-state index is 5.70. The molecule has 4 nitrogen and oxygen atoms in total. The summed E-state index contributed by atoms with van der Waals surface area (Å²) in [5, 5.41) is 3.33. The number of nitrogens with zero attached hydrogens (tertiary/aromatic N) is 1. The molecule has 0 spiro atoms. The number of nitrogens with one attached hydrogen (secondary N) is 1. The molecular formula is C14H24N2O2. The highest BCUT2D eigenvalue weighted by Gasteiger charge is 2.16. The number of rotatable bonds is 7. The van der Waals surface area contributed by atoms with Gasteiger partial charge in [0.05, 0.1) is 18.8 Å². The Hall–Kier alpha value is -0.870. The van der Waals surface area contributed by atoms with Crippen LogP contribution in [0.15, 0.2) is 10.6 Å². The summed E-state index contributed by atoms with van der Waals surface area (Å²) in [6.07, 6.45) is 6.65. The predicted molar refractivity (Wildman–Crippen MR) is 70.3 cm³/mol. The molecule has 0 aromatic carbocycles. The molecule has 1 fully saturated rings. The average Bonchev–Trinajstić information content (AvgIpc) is 2.96. The Morgan fingerprint density at radius 2 is 2.39 bits per heavy atom. The molecule has 4 heteroatoms. The predicted octanol–water partition coefficient (Wildman–Crippen LogP) is 2.53. The van der Waals surface area contributed by atoms with Crippen LogP contribution in [0.1, 0.15) is 44.8 Å². The quantitative estimate of drug-likeness (QED) is 0.810. The standard InChI is InChI=1S/C14H24N2O2/c1-11(2)8-15-10-14-16-9-13(18-14)6-5-12-4-3-7-17-12/h9,11-12,15H,3-8,10H2,1-2H3. The molecule has 1 aliphatic rings. The maximum absolute atomic E-state index is 5.70. The van der Waals surface area contributed by atoms with Crippen molar-refractivity contribution in [2.45, 2.75) is 52.2 Å². The zero-order chi connectivity index (χ0) is 12.8. The van der Waals surface area contributed by atoms with E-state index >= 15 is 0 Å². The van der Waals surface area contributed by atoms with Crippen LogP contribution in [0.25, 0.3) is 0 Å². The van der Waals surface area contributed by atoms with E-state index in [2.05, 4.69) is 24.1 Å². The highest BCUT2D eigenvalue weighted by molar-refractivity contribution is 4.95. The van der Waals surface area contributed by atoms with Gasteiger partial charge in [0.2, 0.25) is 5.89 Å². The first kappa shape index (κ1) is 13.6. The Labute approximate surface area is 109 Å². The normalized spacial score (nSPS) is 19.8. The monoisotopic (exact) mass is 252 g/mol. The van der Waals surface area contributed by atoms with Crippen molar-refractivity contribution in [2.24, 2.45) is 5.92 Å². The summed E-state index contributed by atoms with van der Waals surface area (Å²) in [6, 6.07) is 0. The first-order valence-corrected chi connectivity index (χ1v) is 7.00. The minimum atomic E-state index is 0.428. The summed E-state index contributed by atoms with van der Waals surface area (Å²) in [6.45, 7) is 7.02. The Morgan fingerprint density at radius 1 is 1.50 bits per heavy atom. The molecule has 0 radical (unpaired) electrons. The molecule has 1 aromatic rings. The molecule has 102 valence electrons. The van der Waals surface area contributed by atoms with Crippen LogP contribution in [0.4, 0.5) is 0 Å². The van der Waals surface area contributed by atoms with Crippen molar-refractivity contribution in [3.63, 3.8) is 0 Å². The third-order valence-electron chi connectivity index (χ3n) is 3.17. The maximum Gasteiger partial charge on any atom is 0.208 e. The molecule has 1 aliphatic heterocycles. The van der Waals surface area contributed by atoms with Gasteiger partial charge in [-0.25, -0.2) is 4.98 Å². The molecular weight excluding hydrogens is 228 g/mol. The van der Waals surface area contributed by atoms with Crippen LogP contribution >= 0.6 is 0 Å². The van der Waals surface area contributed by atoms with Gasteiger partial charge in [0.15, 0.2) is 0 Å². The van der Waals surface area contributed by atoms with E-state index in [0.29, 0.717) is 12.0 Å². The molecule has 1 aromatic heterocycles. The van der Waals surface area contributed by atoms with Crippen molar-refractivity contribution in [3.8, 4) is 0 Å². The molecule has 2 heterocycles. The molecule has 0 aliphatic carbocycles. The van der Waals surface area contributed by atoms with E-state index in [1.807, 2.05) is 6.20 Å². The van der Waals surface area contributed by atoms with Crippen molar-refractivity contribution in [1.82, 2.24) is 10.3 Å². The molecule has 2 rings (SSSR count). The van der Waals surface area contributed by atoms with E-state index in [-0.39, 0.29) is 0 Å². The molecule has 0 amide bonds. The lowest BCUT2D eigenvalue weighted by Crippen LogP contribution is -2.19. The van der Waals surface area contributed by atoms with E-state index in [1.54, 1.807) is 0 Å². The lowest BCUT2D eigenvalue weighted by Gasteiger charge is -2.06. The van der Waals surface area contributed by atoms with Crippen LogP contribution in [-0.4, -0.2) is 24.2 Å². The first-order chi connectivity index (χ1) is 8.74. The average molecular weight is 252 g/mol. The molecule has 1 saturated heterocycles. The van der Waals surface area contributed by atoms with Gasteiger partial charge in [-0.1, -0.05) is 13.8 Å². The second kappa shape index (κ2) is 6.90. The number of hydrogen-bond acceptors (Lipinski definition) is 4. The van der Waals surface area contributed by atoms with E-state index in [1.165, 1.54) is 12.8 Å². The third-order valence-corrected chi connectivity index (χ3v) is 3.17. The van der Waals surface area contributed by atoms with Crippen LogP contribution in [0.3, 0.4) is 0 Å². The van der Waals surface area contributed by atoms with Gasteiger partial charge in [0.25, 0.3) is 0 Å². The fraction of sp³-hybridized carbons (Fsp3) is 0.786. The van der Waals surface area contributed by atoms with Crippen molar-refractivity contribution in [1.29, 1.82) is 0 Å². The molecule has 0 bridgehead atoms. The fourth-order valence-electron chi connectivity index (χ4n) is 2.19. The Bertz CT molecular complexity index is 343. The zero-order valence-electron chi connectivity index (χ0n) is 11.4. The molecule has 1 atom stereocenters. The van der Waals surface area contributed by atoms with E-state index < -0.39 is 0 Å². The SMILES string of the molecule is CC(C)CNCc1ncc(CCC2CCCO2)o1. The topological polar surface area (TPSA) is 47.3 Å². The van der Waals surface area contributed by atoms with Gasteiger partial charge < -0.3 is 14.5 Å². The molecule has 1 unspecified atom stereocenters.